The van der Waals surface area contributed by atoms with Gasteiger partial charge in [0.25, 0.3) is 0 Å². The predicted octanol–water partition coefficient (Wildman–Crippen LogP) is -1.23. The summed E-state index contributed by atoms with van der Waals surface area (Å²) < 4.78 is 13.8. The number of carbonyl (C=O) groups is 3. The lowest BCUT2D eigenvalue weighted by Crippen LogP contribution is -2.36. The minimum atomic E-state index is -1.35. The van der Waals surface area contributed by atoms with Crippen molar-refractivity contribution in [2.75, 3.05) is 6.61 Å². The van der Waals surface area contributed by atoms with Crippen molar-refractivity contribution in [1.82, 2.24) is 0 Å². The summed E-state index contributed by atoms with van der Waals surface area (Å²) in [4.78, 5) is 32.3. The number of hydrogen-bond acceptors (Lipinski definition) is 7. The summed E-state index contributed by atoms with van der Waals surface area (Å²) in [6.07, 6.45) is -3.67. The lowest BCUT2D eigenvalue weighted by molar-refractivity contribution is -0.161. The molecule has 7 nitrogen and oxygen atoms in total. The highest BCUT2D eigenvalue weighted by atomic mass is 16.6. The third-order valence-corrected chi connectivity index (χ3v) is 1.93. The fourth-order valence-corrected chi connectivity index (χ4v) is 1.25. The van der Waals surface area contributed by atoms with Crippen molar-refractivity contribution in [2.45, 2.75) is 32.2 Å². The molecule has 0 radical (unpaired) electrons. The number of ether oxygens (including phenoxy) is 3. The van der Waals surface area contributed by atoms with Crippen LogP contribution in [-0.4, -0.2) is 47.9 Å². The van der Waals surface area contributed by atoms with Crippen molar-refractivity contribution in [3.05, 3.63) is 0 Å². The van der Waals surface area contributed by atoms with Crippen molar-refractivity contribution in [1.29, 1.82) is 0 Å². The maximum absolute atomic E-state index is 11.2. The quantitative estimate of drug-likeness (QED) is 0.480. The first kappa shape index (κ1) is 12.4. The van der Waals surface area contributed by atoms with E-state index in [0.29, 0.717) is 0 Å². The molecule has 1 saturated heterocycles. The summed E-state index contributed by atoms with van der Waals surface area (Å²) in [5.41, 5.74) is 0. The molecule has 7 heteroatoms. The van der Waals surface area contributed by atoms with Crippen molar-refractivity contribution in [3.63, 3.8) is 0 Å². The molecule has 90 valence electrons. The molecule has 0 aromatic carbocycles. The molecule has 3 atom stereocenters. The van der Waals surface area contributed by atoms with E-state index in [2.05, 4.69) is 9.47 Å². The van der Waals surface area contributed by atoms with Gasteiger partial charge >= 0.3 is 17.9 Å². The highest BCUT2D eigenvalue weighted by molar-refractivity contribution is 5.81. The predicted molar refractivity (Wildman–Crippen MR) is 48.1 cm³/mol. The van der Waals surface area contributed by atoms with Crippen LogP contribution in [-0.2, 0) is 28.6 Å². The Kier molecular flexibility index (Phi) is 3.83. The molecule has 0 saturated carbocycles. The fourth-order valence-electron chi connectivity index (χ4n) is 1.25. The highest BCUT2D eigenvalue weighted by Crippen LogP contribution is 2.19. The summed E-state index contributed by atoms with van der Waals surface area (Å²) in [7, 11) is 0. The second-order valence-electron chi connectivity index (χ2n) is 3.30. The SMILES string of the molecule is CC(=O)OC[C@H]1OC(=O)[C@H](OC(C)=O)[C@@H]1O. The van der Waals surface area contributed by atoms with Crippen LogP contribution in [0.4, 0.5) is 0 Å². The van der Waals surface area contributed by atoms with Gasteiger partial charge in [0.2, 0.25) is 6.10 Å². The highest BCUT2D eigenvalue weighted by Gasteiger charge is 2.46. The lowest BCUT2D eigenvalue weighted by Gasteiger charge is -2.14. The summed E-state index contributed by atoms with van der Waals surface area (Å²) in [5, 5.41) is 9.57. The minimum Gasteiger partial charge on any atom is -0.462 e. The van der Waals surface area contributed by atoms with E-state index in [1.165, 1.54) is 6.92 Å². The molecule has 1 heterocycles. The van der Waals surface area contributed by atoms with Gasteiger partial charge in [-0.05, 0) is 0 Å². The van der Waals surface area contributed by atoms with Gasteiger partial charge in [-0.1, -0.05) is 0 Å². The maximum Gasteiger partial charge on any atom is 0.350 e. The molecule has 0 bridgehead atoms. The molecule has 1 aliphatic rings. The van der Waals surface area contributed by atoms with E-state index in [1.54, 1.807) is 0 Å². The van der Waals surface area contributed by atoms with E-state index in [9.17, 15) is 19.5 Å². The number of aliphatic hydroxyl groups is 1. The molecule has 0 aromatic rings. The first-order valence-electron chi connectivity index (χ1n) is 4.61. The van der Waals surface area contributed by atoms with Gasteiger partial charge in [0, 0.05) is 13.8 Å². The molecule has 0 aromatic heterocycles. The number of cyclic esters (lactones) is 1. The Labute approximate surface area is 91.3 Å². The van der Waals surface area contributed by atoms with Gasteiger partial charge in [0.1, 0.15) is 12.7 Å². The van der Waals surface area contributed by atoms with Gasteiger partial charge in [0.05, 0.1) is 0 Å². The van der Waals surface area contributed by atoms with E-state index in [-0.39, 0.29) is 6.61 Å². The van der Waals surface area contributed by atoms with Crippen LogP contribution in [0.25, 0.3) is 0 Å². The Bertz CT molecular complexity index is 311. The van der Waals surface area contributed by atoms with Crippen LogP contribution in [0.2, 0.25) is 0 Å². The van der Waals surface area contributed by atoms with Gasteiger partial charge in [0.15, 0.2) is 6.10 Å². The molecule has 0 aliphatic carbocycles. The third-order valence-electron chi connectivity index (χ3n) is 1.93. The zero-order valence-electron chi connectivity index (χ0n) is 8.84. The molecule has 1 N–H and O–H groups in total. The molecule has 0 amide bonds. The topological polar surface area (TPSA) is 99.1 Å². The van der Waals surface area contributed by atoms with Crippen LogP contribution in [0.15, 0.2) is 0 Å². The summed E-state index contributed by atoms with van der Waals surface area (Å²) in [5.74, 6) is -2.10. The monoisotopic (exact) mass is 232 g/mol. The maximum atomic E-state index is 11.2. The molecular weight excluding hydrogens is 220 g/mol. The van der Waals surface area contributed by atoms with Gasteiger partial charge < -0.3 is 19.3 Å². The molecule has 16 heavy (non-hydrogen) atoms. The Morgan fingerprint density at radius 2 is 2.00 bits per heavy atom. The summed E-state index contributed by atoms with van der Waals surface area (Å²) in [6, 6.07) is 0. The van der Waals surface area contributed by atoms with Crippen LogP contribution in [0, 0.1) is 0 Å². The second kappa shape index (κ2) is 4.93. The number of esters is 3. The lowest BCUT2D eigenvalue weighted by atomic mass is 10.1. The smallest absolute Gasteiger partial charge is 0.350 e. The van der Waals surface area contributed by atoms with Crippen LogP contribution in [0.5, 0.6) is 0 Å². The van der Waals surface area contributed by atoms with Crippen molar-refractivity contribution in [2.24, 2.45) is 0 Å². The van der Waals surface area contributed by atoms with Gasteiger partial charge in [-0.2, -0.15) is 0 Å². The Balaban J connectivity index is 2.55. The van der Waals surface area contributed by atoms with Crippen molar-refractivity contribution in [3.8, 4) is 0 Å². The van der Waals surface area contributed by atoms with E-state index < -0.39 is 36.2 Å². The average Bonchev–Trinajstić information content (AvgIpc) is 2.42. The molecule has 0 spiro atoms. The van der Waals surface area contributed by atoms with Crippen LogP contribution in [0.1, 0.15) is 13.8 Å². The van der Waals surface area contributed by atoms with Crippen molar-refractivity contribution < 1.29 is 33.7 Å². The molecule has 1 aliphatic heterocycles. The molecule has 1 rings (SSSR count). The number of aliphatic hydroxyl groups excluding tert-OH is 1. The zero-order chi connectivity index (χ0) is 12.3. The second-order valence-corrected chi connectivity index (χ2v) is 3.30. The van der Waals surface area contributed by atoms with E-state index in [4.69, 9.17) is 4.74 Å². The molecule has 0 unspecified atom stereocenters. The normalized spacial score (nSPS) is 28.4. The third kappa shape index (κ3) is 2.93. The first-order valence-corrected chi connectivity index (χ1v) is 4.61. The van der Waals surface area contributed by atoms with Gasteiger partial charge in [-0.25, -0.2) is 4.79 Å². The Morgan fingerprint density at radius 3 is 2.50 bits per heavy atom. The number of hydrogen-bond donors (Lipinski definition) is 1. The standard InChI is InChI=1S/C9H12O7/c1-4(10)14-3-6-7(12)8(9(13)16-6)15-5(2)11/h6-8,12H,3H2,1-2H3/t6-,7-,8-/m1/s1. The molecule has 1 fully saturated rings. The minimum absolute atomic E-state index is 0.264. The van der Waals surface area contributed by atoms with Gasteiger partial charge in [-0.3, -0.25) is 9.59 Å². The summed E-state index contributed by atoms with van der Waals surface area (Å²) >= 11 is 0. The largest absolute Gasteiger partial charge is 0.462 e. The van der Waals surface area contributed by atoms with E-state index >= 15 is 0 Å². The summed E-state index contributed by atoms with van der Waals surface area (Å²) in [6.45, 7) is 2.03. The Morgan fingerprint density at radius 1 is 1.38 bits per heavy atom. The zero-order valence-corrected chi connectivity index (χ0v) is 8.84. The van der Waals surface area contributed by atoms with E-state index in [0.717, 1.165) is 6.92 Å². The van der Waals surface area contributed by atoms with Crippen LogP contribution >= 0.6 is 0 Å². The number of rotatable bonds is 3. The van der Waals surface area contributed by atoms with Crippen LogP contribution in [0.3, 0.4) is 0 Å². The van der Waals surface area contributed by atoms with Crippen LogP contribution < -0.4 is 0 Å². The Hall–Kier alpha value is -1.63. The fraction of sp³-hybridized carbons (Fsp3) is 0.667. The number of carbonyl (C=O) groups excluding carboxylic acids is 3. The van der Waals surface area contributed by atoms with Crippen molar-refractivity contribution >= 4 is 17.9 Å². The first-order chi connectivity index (χ1) is 7.41. The average molecular weight is 232 g/mol. The van der Waals surface area contributed by atoms with E-state index in [1.807, 2.05) is 0 Å². The molecular formula is C9H12O7. The van der Waals surface area contributed by atoms with Gasteiger partial charge in [-0.15, -0.1) is 0 Å².